The van der Waals surface area contributed by atoms with E-state index in [1.807, 2.05) is 52.3 Å². The summed E-state index contributed by atoms with van der Waals surface area (Å²) in [6.45, 7) is 10.4. The number of fused-ring (bicyclic) bond motifs is 1. The Morgan fingerprint density at radius 3 is 2.50 bits per heavy atom. The molecule has 212 valence electrons. The lowest BCUT2D eigenvalue weighted by Crippen LogP contribution is -2.55. The molecule has 2 aliphatic heterocycles. The maximum atomic E-state index is 13.3. The third-order valence-electron chi connectivity index (χ3n) is 8.18. The van der Waals surface area contributed by atoms with Crippen LogP contribution in [-0.4, -0.2) is 71.9 Å². The topological polar surface area (TPSA) is 53.1 Å². The van der Waals surface area contributed by atoms with E-state index in [9.17, 15) is 9.59 Å². The summed E-state index contributed by atoms with van der Waals surface area (Å²) in [6.07, 6.45) is 3.63. The van der Waals surface area contributed by atoms with Crippen LogP contribution in [0, 0.1) is 6.92 Å². The van der Waals surface area contributed by atoms with Crippen molar-refractivity contribution in [2.75, 3.05) is 39.3 Å². The molecule has 5 rings (SSSR count). The predicted octanol–water partition coefficient (Wildman–Crippen LogP) is 5.95. The Labute approximate surface area is 242 Å². The zero-order valence-electron chi connectivity index (χ0n) is 24.0. The lowest BCUT2D eigenvalue weighted by Gasteiger charge is -2.41. The average Bonchev–Trinajstić information content (AvgIpc) is 3.45. The number of hydrogen-bond acceptors (Lipinski definition) is 5. The molecule has 3 heterocycles. The number of thiophene rings is 1. The zero-order valence-corrected chi connectivity index (χ0v) is 24.8. The Morgan fingerprint density at radius 2 is 1.77 bits per heavy atom. The highest BCUT2D eigenvalue weighted by Gasteiger charge is 2.33. The van der Waals surface area contributed by atoms with E-state index in [2.05, 4.69) is 54.5 Å². The summed E-state index contributed by atoms with van der Waals surface area (Å²) in [6, 6.07) is 18.7. The molecule has 0 saturated carbocycles. The molecule has 2 aliphatic rings. The molecule has 1 fully saturated rings. The van der Waals surface area contributed by atoms with Crippen LogP contribution in [0.15, 0.2) is 60.0 Å². The summed E-state index contributed by atoms with van der Waals surface area (Å²) in [5.41, 5.74) is 4.59. The van der Waals surface area contributed by atoms with Gasteiger partial charge in [0.1, 0.15) is 5.75 Å². The van der Waals surface area contributed by atoms with E-state index in [0.717, 1.165) is 38.1 Å². The van der Waals surface area contributed by atoms with E-state index in [1.165, 1.54) is 21.6 Å². The number of benzene rings is 2. The van der Waals surface area contributed by atoms with E-state index >= 15 is 0 Å². The van der Waals surface area contributed by atoms with Crippen LogP contribution in [0.2, 0.25) is 0 Å². The number of hydrogen-bond donors (Lipinski definition) is 0. The van der Waals surface area contributed by atoms with Crippen LogP contribution in [0.1, 0.15) is 71.1 Å². The van der Waals surface area contributed by atoms with Crippen molar-refractivity contribution in [3.05, 3.63) is 87.1 Å². The molecule has 6 nitrogen and oxygen atoms in total. The second-order valence-electron chi connectivity index (χ2n) is 11.1. The lowest BCUT2D eigenvalue weighted by molar-refractivity contribution is -0.134. The maximum Gasteiger partial charge on any atom is 0.254 e. The largest absolute Gasteiger partial charge is 0.494 e. The Kier molecular flexibility index (Phi) is 9.22. The van der Waals surface area contributed by atoms with Gasteiger partial charge in [0.25, 0.3) is 5.91 Å². The fourth-order valence-electron chi connectivity index (χ4n) is 5.83. The Bertz CT molecular complexity index is 1290. The Hall–Kier alpha value is -3.16. The molecular formula is C33H41N3O3S. The highest BCUT2D eigenvalue weighted by molar-refractivity contribution is 7.10. The van der Waals surface area contributed by atoms with E-state index in [4.69, 9.17) is 4.74 Å². The number of rotatable bonds is 9. The molecule has 0 radical (unpaired) electrons. The van der Waals surface area contributed by atoms with Crippen molar-refractivity contribution < 1.29 is 14.3 Å². The summed E-state index contributed by atoms with van der Waals surface area (Å²) in [4.78, 5) is 34.4. The monoisotopic (exact) mass is 559 g/mol. The van der Waals surface area contributed by atoms with Crippen molar-refractivity contribution >= 4 is 23.2 Å². The second-order valence-corrected chi connectivity index (χ2v) is 12.1. The van der Waals surface area contributed by atoms with Crippen molar-refractivity contribution in [2.45, 2.75) is 58.5 Å². The third kappa shape index (κ3) is 6.42. The van der Waals surface area contributed by atoms with Gasteiger partial charge < -0.3 is 14.5 Å². The first kappa shape index (κ1) is 28.4. The Balaban J connectivity index is 1.16. The normalized spacial score (nSPS) is 19.4. The van der Waals surface area contributed by atoms with Gasteiger partial charge >= 0.3 is 0 Å². The van der Waals surface area contributed by atoms with Gasteiger partial charge in [-0.3, -0.25) is 14.5 Å². The number of carbonyl (C=O) groups is 2. The summed E-state index contributed by atoms with van der Waals surface area (Å²) in [5.74, 6) is 0.980. The average molecular weight is 560 g/mol. The molecule has 2 aromatic carbocycles. The van der Waals surface area contributed by atoms with Crippen molar-refractivity contribution in [1.82, 2.24) is 14.7 Å². The van der Waals surface area contributed by atoms with Crippen LogP contribution in [0.3, 0.4) is 0 Å². The zero-order chi connectivity index (χ0) is 28.1. The number of amides is 2. The predicted molar refractivity (Wildman–Crippen MR) is 161 cm³/mol. The molecule has 0 N–H and O–H groups in total. The van der Waals surface area contributed by atoms with Crippen molar-refractivity contribution in [1.29, 1.82) is 0 Å². The van der Waals surface area contributed by atoms with E-state index < -0.39 is 0 Å². The molecule has 40 heavy (non-hydrogen) atoms. The molecule has 3 aromatic rings. The summed E-state index contributed by atoms with van der Waals surface area (Å²) < 4.78 is 5.73. The highest BCUT2D eigenvalue weighted by atomic mass is 32.1. The van der Waals surface area contributed by atoms with Crippen molar-refractivity contribution in [2.24, 2.45) is 0 Å². The summed E-state index contributed by atoms with van der Waals surface area (Å²) in [5, 5.41) is 2.19. The SMILES string of the molecule is CCCCOc1ccc(C(=O)N2CCN(C(=O)CCN3CCc4sccc4C3c3ccc(C)cc3)CC2C)cc1. The number of carbonyl (C=O) groups excluding carboxylic acids is 2. The number of aryl methyl sites for hydroxylation is 1. The highest BCUT2D eigenvalue weighted by Crippen LogP contribution is 2.38. The third-order valence-corrected chi connectivity index (χ3v) is 9.18. The van der Waals surface area contributed by atoms with Gasteiger partial charge in [-0.05, 0) is 73.5 Å². The molecule has 1 aromatic heterocycles. The van der Waals surface area contributed by atoms with Gasteiger partial charge in [0.15, 0.2) is 0 Å². The molecule has 2 atom stereocenters. The van der Waals surface area contributed by atoms with Crippen LogP contribution < -0.4 is 4.74 Å². The first-order valence-corrected chi connectivity index (χ1v) is 15.5. The lowest BCUT2D eigenvalue weighted by atomic mass is 9.92. The minimum atomic E-state index is -0.0330. The number of unbranched alkanes of at least 4 members (excludes halogenated alkanes) is 1. The van der Waals surface area contributed by atoms with Crippen LogP contribution in [0.25, 0.3) is 0 Å². The molecule has 2 unspecified atom stereocenters. The van der Waals surface area contributed by atoms with Crippen LogP contribution in [-0.2, 0) is 11.2 Å². The smallest absolute Gasteiger partial charge is 0.254 e. The fraction of sp³-hybridized carbons (Fsp3) is 0.455. The minimum Gasteiger partial charge on any atom is -0.494 e. The van der Waals surface area contributed by atoms with Crippen LogP contribution in [0.4, 0.5) is 0 Å². The fourth-order valence-corrected chi connectivity index (χ4v) is 6.73. The van der Waals surface area contributed by atoms with E-state index in [-0.39, 0.29) is 23.9 Å². The van der Waals surface area contributed by atoms with Gasteiger partial charge in [-0.25, -0.2) is 0 Å². The molecule has 0 spiro atoms. The number of nitrogens with zero attached hydrogens (tertiary/aromatic N) is 3. The van der Waals surface area contributed by atoms with Gasteiger partial charge in [-0.2, -0.15) is 0 Å². The molecule has 2 amide bonds. The van der Waals surface area contributed by atoms with E-state index in [0.29, 0.717) is 38.2 Å². The van der Waals surface area contributed by atoms with Crippen molar-refractivity contribution in [3.8, 4) is 5.75 Å². The van der Waals surface area contributed by atoms with Crippen LogP contribution >= 0.6 is 11.3 Å². The molecular weight excluding hydrogens is 518 g/mol. The first-order chi connectivity index (χ1) is 19.4. The minimum absolute atomic E-state index is 0.0144. The van der Waals surface area contributed by atoms with Gasteiger partial charge in [0.05, 0.1) is 12.6 Å². The van der Waals surface area contributed by atoms with Gasteiger partial charge in [-0.15, -0.1) is 11.3 Å². The quantitative estimate of drug-likeness (QED) is 0.304. The van der Waals surface area contributed by atoms with Gasteiger partial charge in [0.2, 0.25) is 5.91 Å². The second kappa shape index (κ2) is 13.0. The summed E-state index contributed by atoms with van der Waals surface area (Å²) in [7, 11) is 0. The maximum absolute atomic E-state index is 13.3. The molecule has 0 bridgehead atoms. The van der Waals surface area contributed by atoms with Gasteiger partial charge in [-0.1, -0.05) is 43.2 Å². The number of piperazine rings is 1. The van der Waals surface area contributed by atoms with Crippen molar-refractivity contribution in [3.63, 3.8) is 0 Å². The molecule has 7 heteroatoms. The first-order valence-electron chi connectivity index (χ1n) is 14.6. The molecule has 0 aliphatic carbocycles. The van der Waals surface area contributed by atoms with Crippen LogP contribution in [0.5, 0.6) is 5.75 Å². The van der Waals surface area contributed by atoms with Gasteiger partial charge in [0, 0.05) is 55.6 Å². The number of ether oxygens (including phenoxy) is 1. The molecule has 1 saturated heterocycles. The standard InChI is InChI=1S/C33H41N3O3S/c1-4-5-21-39-28-12-10-27(11-13-28)33(38)36-20-19-35(23-25(36)3)31(37)15-18-34-17-14-30-29(16-22-40-30)32(34)26-8-6-24(2)7-9-26/h6-13,16,22,25,32H,4-5,14-15,17-21,23H2,1-3H3. The summed E-state index contributed by atoms with van der Waals surface area (Å²) >= 11 is 1.84. The Morgan fingerprint density at radius 1 is 1.00 bits per heavy atom. The van der Waals surface area contributed by atoms with E-state index in [1.54, 1.807) is 0 Å².